The number of carbonyl (C=O) groups is 1. The molecule has 0 fully saturated rings. The van der Waals surface area contributed by atoms with Crippen molar-refractivity contribution in [2.75, 3.05) is 14.2 Å². The zero-order valence-electron chi connectivity index (χ0n) is 18.1. The lowest BCUT2D eigenvalue weighted by molar-refractivity contribution is -0.137. The van der Waals surface area contributed by atoms with Gasteiger partial charge in [-0.05, 0) is 47.7 Å². The number of carbonyl (C=O) groups excluding carboxylic acids is 1. The zero-order chi connectivity index (χ0) is 24.3. The van der Waals surface area contributed by atoms with Crippen molar-refractivity contribution in [1.82, 2.24) is 0 Å². The molecule has 0 radical (unpaired) electrons. The Balaban J connectivity index is 2.93. The first-order chi connectivity index (χ1) is 14.9. The van der Waals surface area contributed by atoms with Gasteiger partial charge >= 0.3 is 6.18 Å². The summed E-state index contributed by atoms with van der Waals surface area (Å²) in [7, 11) is 2.84. The zero-order valence-corrected chi connectivity index (χ0v) is 18.9. The van der Waals surface area contributed by atoms with Gasteiger partial charge in [0.25, 0.3) is 0 Å². The molecule has 0 heterocycles. The number of ether oxygens (including phenoxy) is 2. The maximum Gasteiger partial charge on any atom is 0.416 e. The number of hydrogen-bond acceptors (Lipinski definition) is 4. The first-order valence-corrected chi connectivity index (χ1v) is 10.8. The second kappa shape index (κ2) is 9.91. The number of rotatable bonds is 9. The van der Waals surface area contributed by atoms with Crippen LogP contribution in [-0.2, 0) is 27.5 Å². The van der Waals surface area contributed by atoms with Gasteiger partial charge in [0.05, 0.1) is 19.8 Å². The summed E-state index contributed by atoms with van der Waals surface area (Å²) in [5.41, 5.74) is 3.81. The minimum absolute atomic E-state index is 0.129. The number of methoxy groups -OCH3 is 2. The van der Waals surface area contributed by atoms with E-state index in [1.807, 2.05) is 13.8 Å². The summed E-state index contributed by atoms with van der Waals surface area (Å²) in [4.78, 5) is 12.5. The van der Waals surface area contributed by atoms with Gasteiger partial charge in [-0.1, -0.05) is 32.0 Å². The van der Waals surface area contributed by atoms with E-state index in [2.05, 4.69) is 0 Å². The summed E-state index contributed by atoms with van der Waals surface area (Å²) in [6.45, 7) is 3.66. The highest BCUT2D eigenvalue weighted by Gasteiger charge is 2.49. The van der Waals surface area contributed by atoms with Crippen LogP contribution in [0.2, 0.25) is 0 Å². The Morgan fingerprint density at radius 2 is 1.50 bits per heavy atom. The maximum absolute atomic E-state index is 13.2. The Hall–Kier alpha value is -2.59. The van der Waals surface area contributed by atoms with Crippen molar-refractivity contribution in [2.24, 2.45) is 11.7 Å². The molecule has 0 aliphatic carbocycles. The van der Waals surface area contributed by atoms with Crippen LogP contribution in [0, 0.1) is 5.92 Å². The average molecular weight is 474 g/mol. The van der Waals surface area contributed by atoms with Crippen molar-refractivity contribution in [1.29, 1.82) is 0 Å². The monoisotopic (exact) mass is 473 g/mol. The van der Waals surface area contributed by atoms with Crippen LogP contribution >= 0.6 is 0 Å². The molecule has 1 amide bonds. The third-order valence-corrected chi connectivity index (χ3v) is 6.30. The highest BCUT2D eigenvalue weighted by atomic mass is 32.2. The molecule has 10 heteroatoms. The third kappa shape index (κ3) is 5.07. The van der Waals surface area contributed by atoms with Crippen LogP contribution in [0.25, 0.3) is 0 Å². The number of amides is 1. The largest absolute Gasteiger partial charge is 0.493 e. The minimum atomic E-state index is -4.56. The number of hydrogen-bond donors (Lipinski definition) is 2. The van der Waals surface area contributed by atoms with Crippen LogP contribution in [0.15, 0.2) is 42.5 Å². The number of primary amides is 1. The molecule has 3 N–H and O–H groups in total. The van der Waals surface area contributed by atoms with E-state index in [0.29, 0.717) is 11.3 Å². The third-order valence-electron chi connectivity index (χ3n) is 5.26. The van der Waals surface area contributed by atoms with E-state index in [-0.39, 0.29) is 23.7 Å². The molecule has 3 atom stereocenters. The molecule has 2 rings (SSSR count). The van der Waals surface area contributed by atoms with E-state index >= 15 is 0 Å². The van der Waals surface area contributed by atoms with Crippen molar-refractivity contribution >= 4 is 17.0 Å². The lowest BCUT2D eigenvalue weighted by atomic mass is 9.66. The maximum atomic E-state index is 13.2. The smallest absolute Gasteiger partial charge is 0.416 e. The Kier molecular flexibility index (Phi) is 7.95. The number of benzene rings is 2. The van der Waals surface area contributed by atoms with Crippen LogP contribution in [0.5, 0.6) is 11.5 Å². The van der Waals surface area contributed by atoms with Gasteiger partial charge in [0, 0.05) is 5.41 Å². The Bertz CT molecular complexity index is 965. The van der Waals surface area contributed by atoms with E-state index < -0.39 is 39.4 Å². The van der Waals surface area contributed by atoms with Gasteiger partial charge < -0.3 is 19.8 Å². The minimum Gasteiger partial charge on any atom is -0.493 e. The summed E-state index contributed by atoms with van der Waals surface area (Å²) in [5, 5.41) is -1.64. The van der Waals surface area contributed by atoms with E-state index in [1.54, 1.807) is 18.2 Å². The molecule has 32 heavy (non-hydrogen) atoms. The number of alkyl halides is 3. The van der Waals surface area contributed by atoms with Crippen molar-refractivity contribution in [3.63, 3.8) is 0 Å². The van der Waals surface area contributed by atoms with Gasteiger partial charge in [-0.3, -0.25) is 4.79 Å². The average Bonchev–Trinajstić information content (AvgIpc) is 2.71. The van der Waals surface area contributed by atoms with E-state index in [0.717, 1.165) is 12.1 Å². The second-order valence-electron chi connectivity index (χ2n) is 7.77. The predicted molar refractivity (Wildman–Crippen MR) is 115 cm³/mol. The summed E-state index contributed by atoms with van der Waals surface area (Å²) in [6.07, 6.45) is -4.42. The van der Waals surface area contributed by atoms with Crippen LogP contribution in [0.3, 0.4) is 0 Å². The fourth-order valence-electron chi connectivity index (χ4n) is 4.04. The van der Waals surface area contributed by atoms with Crippen molar-refractivity contribution in [3.05, 3.63) is 59.2 Å². The molecular formula is C22H26F3NO5S. The van der Waals surface area contributed by atoms with E-state index in [4.69, 9.17) is 15.2 Å². The van der Waals surface area contributed by atoms with Gasteiger partial charge in [-0.2, -0.15) is 13.2 Å². The van der Waals surface area contributed by atoms with Crippen molar-refractivity contribution < 1.29 is 36.2 Å². The molecular weight excluding hydrogens is 447 g/mol. The Labute approximate surface area is 187 Å². The standard InChI is InChI=1S/C22H26F3NO5S/c1-13(2)12-21(19(20(26)27)32(28)29,14-5-7-15(8-6-14)22(23,24)25)16-9-10-17(30-3)18(11-16)31-4/h5-11,13,19H,12H2,1-4H3,(H2,26,27)(H,28,29). The van der Waals surface area contributed by atoms with Crippen LogP contribution in [0.4, 0.5) is 13.2 Å². The molecule has 2 aromatic rings. The van der Waals surface area contributed by atoms with Crippen molar-refractivity contribution in [3.8, 4) is 11.5 Å². The Morgan fingerprint density at radius 1 is 1.00 bits per heavy atom. The lowest BCUT2D eigenvalue weighted by Gasteiger charge is -2.40. The van der Waals surface area contributed by atoms with Crippen LogP contribution < -0.4 is 15.2 Å². The summed E-state index contributed by atoms with van der Waals surface area (Å²) < 4.78 is 72.6. The van der Waals surface area contributed by atoms with E-state index in [9.17, 15) is 26.7 Å². The fourth-order valence-corrected chi connectivity index (χ4v) is 4.95. The highest BCUT2D eigenvalue weighted by molar-refractivity contribution is 7.80. The quantitative estimate of drug-likeness (QED) is 0.534. The van der Waals surface area contributed by atoms with Gasteiger partial charge in [0.2, 0.25) is 5.91 Å². The first-order valence-electron chi connectivity index (χ1n) is 9.67. The fraction of sp³-hybridized carbons (Fsp3) is 0.409. The summed E-state index contributed by atoms with van der Waals surface area (Å²) in [6, 6.07) is 8.88. The normalized spacial score (nSPS) is 15.7. The first kappa shape index (κ1) is 25.7. The van der Waals surface area contributed by atoms with Crippen LogP contribution in [-0.4, -0.2) is 34.1 Å². The summed E-state index contributed by atoms with van der Waals surface area (Å²) >= 11 is -2.73. The highest BCUT2D eigenvalue weighted by Crippen LogP contribution is 2.46. The molecule has 3 unspecified atom stereocenters. The van der Waals surface area contributed by atoms with E-state index in [1.165, 1.54) is 26.4 Å². The molecule has 176 valence electrons. The molecule has 0 aromatic heterocycles. The van der Waals surface area contributed by atoms with Gasteiger partial charge in [0.1, 0.15) is 0 Å². The molecule has 0 saturated heterocycles. The van der Waals surface area contributed by atoms with Gasteiger partial charge in [0.15, 0.2) is 27.8 Å². The topological polar surface area (TPSA) is 98.9 Å². The number of halogens is 3. The SMILES string of the molecule is COc1ccc(C(CC(C)C)(c2ccc(C(F)(F)F)cc2)C(C(N)=O)S(=O)O)cc1OC. The van der Waals surface area contributed by atoms with Gasteiger partial charge in [-0.15, -0.1) is 0 Å². The second-order valence-corrected chi connectivity index (χ2v) is 8.80. The molecule has 0 spiro atoms. The molecule has 0 aliphatic heterocycles. The lowest BCUT2D eigenvalue weighted by Crippen LogP contribution is -2.51. The molecule has 0 aliphatic rings. The number of nitrogens with two attached hydrogens (primary N) is 1. The molecule has 0 bridgehead atoms. The molecule has 2 aromatic carbocycles. The summed E-state index contributed by atoms with van der Waals surface area (Å²) in [5.74, 6) is -0.517. The van der Waals surface area contributed by atoms with Gasteiger partial charge in [-0.25, -0.2) is 4.21 Å². The Morgan fingerprint density at radius 3 is 1.91 bits per heavy atom. The molecule has 6 nitrogen and oxygen atoms in total. The van der Waals surface area contributed by atoms with Crippen LogP contribution in [0.1, 0.15) is 37.0 Å². The predicted octanol–water partition coefficient (Wildman–Crippen LogP) is 4.13. The molecule has 0 saturated carbocycles. The van der Waals surface area contributed by atoms with Crippen molar-refractivity contribution in [2.45, 2.75) is 37.1 Å².